The molecule has 1 fully saturated rings. The number of carboxylic acids is 1. The lowest BCUT2D eigenvalue weighted by Gasteiger charge is -2.40. The summed E-state index contributed by atoms with van der Waals surface area (Å²) >= 11 is 0. The van der Waals surface area contributed by atoms with Gasteiger partial charge >= 0.3 is 11.9 Å². The van der Waals surface area contributed by atoms with Gasteiger partial charge in [0.05, 0.1) is 0 Å². The van der Waals surface area contributed by atoms with Crippen LogP contribution in [0.5, 0.6) is 0 Å². The lowest BCUT2D eigenvalue weighted by Crippen LogP contribution is -2.46. The van der Waals surface area contributed by atoms with E-state index >= 15 is 0 Å². The molecule has 0 spiro atoms. The van der Waals surface area contributed by atoms with Crippen LogP contribution in [0.15, 0.2) is 11.6 Å². The van der Waals surface area contributed by atoms with Crippen LogP contribution in [0.25, 0.3) is 0 Å². The molecular weight excluding hydrogens is 246 g/mol. The number of esters is 1. The molecule has 0 bridgehead atoms. The maximum absolute atomic E-state index is 11.6. The average Bonchev–Trinajstić information content (AvgIpc) is 2.38. The molecule has 5 nitrogen and oxygen atoms in total. The van der Waals surface area contributed by atoms with Crippen LogP contribution in [0.1, 0.15) is 33.1 Å². The third-order valence-corrected chi connectivity index (χ3v) is 4.23. The fourth-order valence-electron chi connectivity index (χ4n) is 3.17. The zero-order valence-electron chi connectivity index (χ0n) is 11.5. The third kappa shape index (κ3) is 2.81. The van der Waals surface area contributed by atoms with E-state index in [1.165, 1.54) is 0 Å². The van der Waals surface area contributed by atoms with E-state index in [9.17, 15) is 9.59 Å². The predicted molar refractivity (Wildman–Crippen MR) is 69.6 cm³/mol. The fourth-order valence-corrected chi connectivity index (χ4v) is 3.17. The van der Waals surface area contributed by atoms with Gasteiger partial charge in [0.1, 0.15) is 11.7 Å². The summed E-state index contributed by atoms with van der Waals surface area (Å²) in [6.07, 6.45) is 4.16. The number of carbonyl (C=O) groups is 2. The van der Waals surface area contributed by atoms with Crippen LogP contribution in [-0.4, -0.2) is 47.2 Å². The molecule has 1 saturated carbocycles. The van der Waals surface area contributed by atoms with Crippen molar-refractivity contribution >= 4 is 11.9 Å². The Bertz CT molecular complexity index is 400. The number of rotatable bonds is 4. The van der Waals surface area contributed by atoms with E-state index in [1.807, 2.05) is 0 Å². The van der Waals surface area contributed by atoms with Gasteiger partial charge in [0.2, 0.25) is 0 Å². The highest BCUT2D eigenvalue weighted by atomic mass is 16.5. The Kier molecular flexibility index (Phi) is 4.24. The zero-order valence-corrected chi connectivity index (χ0v) is 11.5. The molecule has 3 unspecified atom stereocenters. The molecule has 0 aromatic carbocycles. The van der Waals surface area contributed by atoms with Crippen LogP contribution < -0.4 is 0 Å². The summed E-state index contributed by atoms with van der Waals surface area (Å²) in [5.74, 6) is -1.81. The first-order valence-electron chi connectivity index (χ1n) is 6.96. The Balaban J connectivity index is 2.09. The molecule has 1 aliphatic carbocycles. The van der Waals surface area contributed by atoms with Gasteiger partial charge in [-0.15, -0.1) is 0 Å². The lowest BCUT2D eigenvalue weighted by molar-refractivity contribution is -0.154. The molecule has 0 radical (unpaired) electrons. The number of fused-ring (bicyclic) bond motifs is 1. The first-order valence-corrected chi connectivity index (χ1v) is 6.96. The van der Waals surface area contributed by atoms with Crippen LogP contribution in [0.4, 0.5) is 0 Å². The summed E-state index contributed by atoms with van der Waals surface area (Å²) in [6.45, 7) is 6.24. The molecule has 5 heteroatoms. The van der Waals surface area contributed by atoms with E-state index in [2.05, 4.69) is 18.7 Å². The normalized spacial score (nSPS) is 30.6. The first kappa shape index (κ1) is 14.1. The van der Waals surface area contributed by atoms with Gasteiger partial charge in [-0.05, 0) is 25.9 Å². The zero-order chi connectivity index (χ0) is 14.0. The quantitative estimate of drug-likeness (QED) is 0.616. The van der Waals surface area contributed by atoms with Crippen molar-refractivity contribution in [3.05, 3.63) is 11.6 Å². The van der Waals surface area contributed by atoms with Crippen molar-refractivity contribution in [2.45, 2.75) is 45.3 Å². The summed E-state index contributed by atoms with van der Waals surface area (Å²) < 4.78 is 5.32. The van der Waals surface area contributed by atoms with E-state index in [1.54, 1.807) is 6.08 Å². The van der Waals surface area contributed by atoms with E-state index < -0.39 is 11.9 Å². The number of hydrogen-bond acceptors (Lipinski definition) is 4. The van der Waals surface area contributed by atoms with E-state index in [0.29, 0.717) is 6.04 Å². The van der Waals surface area contributed by atoms with E-state index in [-0.39, 0.29) is 17.6 Å². The number of carbonyl (C=O) groups excluding carboxylic acids is 1. The SMILES string of the molecule is CCN(CC)C1CCC2C=C(C(=O)O)C(=O)OC2C1. The first-order chi connectivity index (χ1) is 9.06. The molecule has 2 rings (SSSR count). The smallest absolute Gasteiger partial charge is 0.345 e. The topological polar surface area (TPSA) is 66.8 Å². The van der Waals surface area contributed by atoms with E-state index in [0.717, 1.165) is 32.4 Å². The van der Waals surface area contributed by atoms with Gasteiger partial charge in [-0.2, -0.15) is 0 Å². The molecule has 1 N–H and O–H groups in total. The van der Waals surface area contributed by atoms with Crippen molar-refractivity contribution < 1.29 is 19.4 Å². The summed E-state index contributed by atoms with van der Waals surface area (Å²) in [5.41, 5.74) is -0.206. The van der Waals surface area contributed by atoms with Gasteiger partial charge in [-0.3, -0.25) is 0 Å². The van der Waals surface area contributed by atoms with Gasteiger partial charge in [0.15, 0.2) is 0 Å². The molecule has 19 heavy (non-hydrogen) atoms. The summed E-state index contributed by atoms with van der Waals surface area (Å²) in [4.78, 5) is 24.9. The van der Waals surface area contributed by atoms with Crippen molar-refractivity contribution in [1.82, 2.24) is 4.90 Å². The molecule has 3 atom stereocenters. The number of ether oxygens (including phenoxy) is 1. The van der Waals surface area contributed by atoms with Crippen molar-refractivity contribution in [2.75, 3.05) is 13.1 Å². The maximum atomic E-state index is 11.6. The van der Waals surface area contributed by atoms with Gasteiger partial charge in [-0.25, -0.2) is 9.59 Å². The average molecular weight is 267 g/mol. The van der Waals surface area contributed by atoms with Gasteiger partial charge in [0.25, 0.3) is 0 Å². The predicted octanol–water partition coefficient (Wildman–Crippen LogP) is 1.43. The minimum absolute atomic E-state index is 0.0654. The molecule has 1 heterocycles. The second kappa shape index (κ2) is 5.74. The van der Waals surface area contributed by atoms with Crippen molar-refractivity contribution in [2.24, 2.45) is 5.92 Å². The van der Waals surface area contributed by atoms with Gasteiger partial charge in [-0.1, -0.05) is 19.9 Å². The molecule has 0 aromatic rings. The Labute approximate surface area is 113 Å². The molecule has 106 valence electrons. The highest BCUT2D eigenvalue weighted by Gasteiger charge is 2.39. The standard InChI is InChI=1S/C14H21NO4/c1-3-15(4-2)10-6-5-9-7-11(13(16)17)14(18)19-12(9)8-10/h7,9-10,12H,3-6,8H2,1-2H3,(H,16,17). The van der Waals surface area contributed by atoms with Crippen molar-refractivity contribution in [3.8, 4) is 0 Å². The minimum Gasteiger partial charge on any atom is -0.477 e. The van der Waals surface area contributed by atoms with Gasteiger partial charge in [0, 0.05) is 18.4 Å². The molecule has 0 saturated heterocycles. The van der Waals surface area contributed by atoms with Gasteiger partial charge < -0.3 is 14.7 Å². The number of carboxylic acid groups (broad SMARTS) is 1. The Morgan fingerprint density at radius 2 is 2.11 bits per heavy atom. The van der Waals surface area contributed by atoms with Crippen molar-refractivity contribution in [1.29, 1.82) is 0 Å². The minimum atomic E-state index is -1.19. The second-order valence-corrected chi connectivity index (χ2v) is 5.18. The summed E-state index contributed by atoms with van der Waals surface area (Å²) in [5, 5.41) is 8.94. The summed E-state index contributed by atoms with van der Waals surface area (Å²) in [6, 6.07) is 0.434. The fraction of sp³-hybridized carbons (Fsp3) is 0.714. The maximum Gasteiger partial charge on any atom is 0.345 e. The van der Waals surface area contributed by atoms with Crippen molar-refractivity contribution in [3.63, 3.8) is 0 Å². The number of nitrogens with zero attached hydrogens (tertiary/aromatic N) is 1. The summed E-state index contributed by atoms with van der Waals surface area (Å²) in [7, 11) is 0. The highest BCUT2D eigenvalue weighted by molar-refractivity contribution is 6.13. The number of aliphatic carboxylic acids is 1. The molecule has 2 aliphatic rings. The van der Waals surface area contributed by atoms with Crippen LogP contribution in [-0.2, 0) is 14.3 Å². The van der Waals surface area contributed by atoms with E-state index in [4.69, 9.17) is 9.84 Å². The van der Waals surface area contributed by atoms with Crippen LogP contribution >= 0.6 is 0 Å². The molecular formula is C14H21NO4. The van der Waals surface area contributed by atoms with Crippen LogP contribution in [0.3, 0.4) is 0 Å². The Hall–Kier alpha value is -1.36. The monoisotopic (exact) mass is 267 g/mol. The van der Waals surface area contributed by atoms with Crippen LogP contribution in [0, 0.1) is 5.92 Å². The second-order valence-electron chi connectivity index (χ2n) is 5.18. The van der Waals surface area contributed by atoms with Crippen LogP contribution in [0.2, 0.25) is 0 Å². The number of hydrogen-bond donors (Lipinski definition) is 1. The molecule has 1 aliphatic heterocycles. The third-order valence-electron chi connectivity index (χ3n) is 4.23. The Morgan fingerprint density at radius 3 is 2.68 bits per heavy atom. The molecule has 0 amide bonds. The highest BCUT2D eigenvalue weighted by Crippen LogP contribution is 2.34. The molecule has 0 aromatic heterocycles. The lowest BCUT2D eigenvalue weighted by atomic mass is 9.80. The largest absolute Gasteiger partial charge is 0.477 e. The Morgan fingerprint density at radius 1 is 1.42 bits per heavy atom.